The van der Waals surface area contributed by atoms with Crippen LogP contribution in [0.1, 0.15) is 20.3 Å². The number of thioether (sulfide) groups is 1. The lowest BCUT2D eigenvalue weighted by atomic mass is 9.81. The van der Waals surface area contributed by atoms with Crippen LogP contribution in [0.5, 0.6) is 0 Å². The highest BCUT2D eigenvalue weighted by molar-refractivity contribution is 7.99. The molecule has 1 aliphatic rings. The standard InChI is InChI=1S/C8H17NOS/c1-7(2)3-8(9,4-10)6-11-5-7/h10H,3-6,9H2,1-2H3. The van der Waals surface area contributed by atoms with Gasteiger partial charge in [-0.2, -0.15) is 11.8 Å². The van der Waals surface area contributed by atoms with Crippen molar-refractivity contribution >= 4 is 11.8 Å². The van der Waals surface area contributed by atoms with Crippen molar-refractivity contribution in [3.63, 3.8) is 0 Å². The van der Waals surface area contributed by atoms with Crippen molar-refractivity contribution in [2.75, 3.05) is 18.1 Å². The quantitative estimate of drug-likeness (QED) is 0.621. The number of hydrogen-bond acceptors (Lipinski definition) is 3. The molecule has 0 bridgehead atoms. The Morgan fingerprint density at radius 1 is 1.45 bits per heavy atom. The first-order chi connectivity index (χ1) is 4.97. The maximum atomic E-state index is 9.04. The number of nitrogens with two attached hydrogens (primary N) is 1. The van der Waals surface area contributed by atoms with Crippen LogP contribution in [-0.2, 0) is 0 Å². The Balaban J connectivity index is 2.59. The van der Waals surface area contributed by atoms with Crippen LogP contribution in [0, 0.1) is 5.41 Å². The smallest absolute Gasteiger partial charge is 0.0619 e. The van der Waals surface area contributed by atoms with Crippen LogP contribution in [0.25, 0.3) is 0 Å². The summed E-state index contributed by atoms with van der Waals surface area (Å²) in [5, 5.41) is 9.04. The van der Waals surface area contributed by atoms with E-state index < -0.39 is 0 Å². The average molecular weight is 175 g/mol. The summed E-state index contributed by atoms with van der Waals surface area (Å²) >= 11 is 1.85. The second-order valence-electron chi connectivity index (χ2n) is 4.35. The van der Waals surface area contributed by atoms with E-state index in [1.807, 2.05) is 11.8 Å². The summed E-state index contributed by atoms with van der Waals surface area (Å²) in [4.78, 5) is 0. The lowest BCUT2D eigenvalue weighted by Gasteiger charge is -2.40. The summed E-state index contributed by atoms with van der Waals surface area (Å²) in [6.07, 6.45) is 0.934. The molecule has 0 amide bonds. The van der Waals surface area contributed by atoms with Crippen molar-refractivity contribution in [2.45, 2.75) is 25.8 Å². The van der Waals surface area contributed by atoms with Gasteiger partial charge < -0.3 is 10.8 Å². The lowest BCUT2D eigenvalue weighted by molar-refractivity contribution is 0.160. The average Bonchev–Trinajstić information content (AvgIpc) is 1.85. The number of aliphatic hydroxyl groups is 1. The fraction of sp³-hybridized carbons (Fsp3) is 1.00. The normalized spacial score (nSPS) is 37.1. The molecule has 3 heteroatoms. The van der Waals surface area contributed by atoms with Crippen molar-refractivity contribution in [1.29, 1.82) is 0 Å². The monoisotopic (exact) mass is 175 g/mol. The van der Waals surface area contributed by atoms with E-state index in [-0.39, 0.29) is 12.1 Å². The molecule has 1 aliphatic heterocycles. The van der Waals surface area contributed by atoms with Crippen LogP contribution < -0.4 is 5.73 Å². The summed E-state index contributed by atoms with van der Waals surface area (Å²) in [5.74, 6) is 2.05. The van der Waals surface area contributed by atoms with E-state index in [0.717, 1.165) is 17.9 Å². The second-order valence-corrected chi connectivity index (χ2v) is 5.34. The van der Waals surface area contributed by atoms with Gasteiger partial charge in [0.2, 0.25) is 0 Å². The van der Waals surface area contributed by atoms with Crippen molar-refractivity contribution in [2.24, 2.45) is 11.1 Å². The zero-order valence-electron chi connectivity index (χ0n) is 7.26. The van der Waals surface area contributed by atoms with Gasteiger partial charge in [-0.1, -0.05) is 13.8 Å². The molecule has 1 unspecified atom stereocenters. The Kier molecular flexibility index (Phi) is 2.52. The Labute approximate surface area is 72.5 Å². The molecule has 0 aliphatic carbocycles. The molecule has 0 aromatic heterocycles. The van der Waals surface area contributed by atoms with Crippen molar-refractivity contribution in [3.8, 4) is 0 Å². The zero-order chi connectivity index (χ0) is 8.54. The summed E-state index contributed by atoms with van der Waals surface area (Å²) in [5.41, 5.74) is 5.93. The van der Waals surface area contributed by atoms with E-state index in [4.69, 9.17) is 10.8 Å². The minimum atomic E-state index is -0.327. The molecule has 1 heterocycles. The first kappa shape index (κ1) is 9.36. The molecular weight excluding hydrogens is 158 g/mol. The third kappa shape index (κ3) is 2.36. The molecule has 1 fully saturated rings. The molecule has 11 heavy (non-hydrogen) atoms. The Bertz CT molecular complexity index is 149. The van der Waals surface area contributed by atoms with E-state index >= 15 is 0 Å². The highest BCUT2D eigenvalue weighted by Gasteiger charge is 2.36. The van der Waals surface area contributed by atoms with Crippen LogP contribution in [0.3, 0.4) is 0 Å². The lowest BCUT2D eigenvalue weighted by Crippen LogP contribution is -2.52. The fourth-order valence-electron chi connectivity index (χ4n) is 1.69. The molecular formula is C8H17NOS. The summed E-state index contributed by atoms with van der Waals surface area (Å²) in [7, 11) is 0. The Morgan fingerprint density at radius 3 is 2.45 bits per heavy atom. The van der Waals surface area contributed by atoms with Crippen molar-refractivity contribution < 1.29 is 5.11 Å². The van der Waals surface area contributed by atoms with Gasteiger partial charge in [0, 0.05) is 11.3 Å². The third-order valence-corrected chi connectivity index (χ3v) is 3.79. The topological polar surface area (TPSA) is 46.2 Å². The largest absolute Gasteiger partial charge is 0.394 e. The minimum Gasteiger partial charge on any atom is -0.394 e. The van der Waals surface area contributed by atoms with Crippen LogP contribution in [-0.4, -0.2) is 28.8 Å². The molecule has 0 aromatic rings. The van der Waals surface area contributed by atoms with E-state index in [1.54, 1.807) is 0 Å². The maximum Gasteiger partial charge on any atom is 0.0619 e. The maximum absolute atomic E-state index is 9.04. The molecule has 3 N–H and O–H groups in total. The molecule has 1 saturated heterocycles. The van der Waals surface area contributed by atoms with Gasteiger partial charge in [0.25, 0.3) is 0 Å². The summed E-state index contributed by atoms with van der Waals surface area (Å²) < 4.78 is 0. The van der Waals surface area contributed by atoms with Gasteiger partial charge in [-0.05, 0) is 17.6 Å². The SMILES string of the molecule is CC1(C)CSCC(N)(CO)C1. The molecule has 66 valence electrons. The predicted molar refractivity (Wildman–Crippen MR) is 49.7 cm³/mol. The van der Waals surface area contributed by atoms with Gasteiger partial charge in [0.15, 0.2) is 0 Å². The van der Waals surface area contributed by atoms with Gasteiger partial charge in [-0.15, -0.1) is 0 Å². The molecule has 0 spiro atoms. The second kappa shape index (κ2) is 2.96. The molecule has 0 aromatic carbocycles. The number of aliphatic hydroxyl groups excluding tert-OH is 1. The van der Waals surface area contributed by atoms with Gasteiger partial charge in [-0.3, -0.25) is 0 Å². The Hall–Kier alpha value is 0.270. The highest BCUT2D eigenvalue weighted by atomic mass is 32.2. The minimum absolute atomic E-state index is 0.115. The Morgan fingerprint density at radius 2 is 2.09 bits per heavy atom. The molecule has 2 nitrogen and oxygen atoms in total. The van der Waals surface area contributed by atoms with Gasteiger partial charge in [0.05, 0.1) is 6.61 Å². The van der Waals surface area contributed by atoms with E-state index in [1.165, 1.54) is 0 Å². The van der Waals surface area contributed by atoms with E-state index in [0.29, 0.717) is 5.41 Å². The van der Waals surface area contributed by atoms with Crippen molar-refractivity contribution in [1.82, 2.24) is 0 Å². The molecule has 1 atom stereocenters. The fourth-order valence-corrected chi connectivity index (χ4v) is 3.04. The molecule has 1 rings (SSSR count). The van der Waals surface area contributed by atoms with Crippen LogP contribution in [0.15, 0.2) is 0 Å². The van der Waals surface area contributed by atoms with Crippen LogP contribution in [0.4, 0.5) is 0 Å². The highest BCUT2D eigenvalue weighted by Crippen LogP contribution is 2.37. The summed E-state index contributed by atoms with van der Waals surface area (Å²) in [6.45, 7) is 4.52. The summed E-state index contributed by atoms with van der Waals surface area (Å²) in [6, 6.07) is 0. The van der Waals surface area contributed by atoms with Gasteiger partial charge in [0.1, 0.15) is 0 Å². The van der Waals surface area contributed by atoms with Gasteiger partial charge in [-0.25, -0.2) is 0 Å². The van der Waals surface area contributed by atoms with Crippen LogP contribution in [0.2, 0.25) is 0 Å². The van der Waals surface area contributed by atoms with E-state index in [9.17, 15) is 0 Å². The van der Waals surface area contributed by atoms with E-state index in [2.05, 4.69) is 13.8 Å². The van der Waals surface area contributed by atoms with Crippen molar-refractivity contribution in [3.05, 3.63) is 0 Å². The predicted octanol–water partition coefficient (Wildman–Crippen LogP) is 0.839. The third-order valence-electron chi connectivity index (χ3n) is 2.03. The van der Waals surface area contributed by atoms with Crippen LogP contribution >= 0.6 is 11.8 Å². The number of hydrogen-bond donors (Lipinski definition) is 2. The molecule has 0 saturated carbocycles. The van der Waals surface area contributed by atoms with Gasteiger partial charge >= 0.3 is 0 Å². The molecule has 0 radical (unpaired) electrons. The first-order valence-corrected chi connectivity index (χ1v) is 5.10. The zero-order valence-corrected chi connectivity index (χ0v) is 8.08. The number of rotatable bonds is 1. The first-order valence-electron chi connectivity index (χ1n) is 3.95.